The van der Waals surface area contributed by atoms with Crippen molar-refractivity contribution in [3.8, 4) is 5.88 Å². The second kappa shape index (κ2) is 6.51. The van der Waals surface area contributed by atoms with Crippen LogP contribution >= 0.6 is 0 Å². The number of hydrogen-bond donors (Lipinski definition) is 0. The molecule has 20 heavy (non-hydrogen) atoms. The van der Waals surface area contributed by atoms with Gasteiger partial charge in [-0.2, -0.15) is 4.98 Å². The zero-order chi connectivity index (χ0) is 14.5. The summed E-state index contributed by atoms with van der Waals surface area (Å²) in [7, 11) is 1.50. The number of piperidine rings is 1. The van der Waals surface area contributed by atoms with Gasteiger partial charge in [-0.05, 0) is 19.8 Å². The molecular formula is C13H19N3O4. The molecule has 0 N–H and O–H groups in total. The molecule has 1 aromatic heterocycles. The largest absolute Gasteiger partial charge is 0.481 e. The lowest BCUT2D eigenvalue weighted by molar-refractivity contribution is -0.384. The van der Waals surface area contributed by atoms with E-state index in [2.05, 4.69) is 4.98 Å². The number of hydrogen-bond acceptors (Lipinski definition) is 6. The van der Waals surface area contributed by atoms with Crippen LogP contribution in [0.4, 0.5) is 11.5 Å². The molecule has 7 nitrogen and oxygen atoms in total. The summed E-state index contributed by atoms with van der Waals surface area (Å²) in [5.74, 6) is 0.739. The third-order valence-corrected chi connectivity index (χ3v) is 3.31. The number of aromatic nitrogens is 1. The van der Waals surface area contributed by atoms with Crippen LogP contribution in [0.15, 0.2) is 12.1 Å². The maximum absolute atomic E-state index is 11.1. The van der Waals surface area contributed by atoms with Crippen molar-refractivity contribution in [1.29, 1.82) is 0 Å². The second-order valence-electron chi connectivity index (χ2n) is 4.62. The highest BCUT2D eigenvalue weighted by Gasteiger charge is 2.27. The molecule has 0 radical (unpaired) electrons. The van der Waals surface area contributed by atoms with Crippen molar-refractivity contribution in [3.05, 3.63) is 22.2 Å². The van der Waals surface area contributed by atoms with Gasteiger partial charge in [-0.25, -0.2) is 0 Å². The predicted octanol–water partition coefficient (Wildman–Crippen LogP) is 2.00. The van der Waals surface area contributed by atoms with Crippen molar-refractivity contribution in [2.24, 2.45) is 0 Å². The third-order valence-electron chi connectivity index (χ3n) is 3.31. The van der Waals surface area contributed by atoms with Crippen LogP contribution in [0.1, 0.15) is 19.8 Å². The first-order valence-corrected chi connectivity index (χ1v) is 6.71. The van der Waals surface area contributed by atoms with Crippen LogP contribution in [0, 0.1) is 10.1 Å². The van der Waals surface area contributed by atoms with Crippen LogP contribution < -0.4 is 9.64 Å². The van der Waals surface area contributed by atoms with Gasteiger partial charge in [-0.15, -0.1) is 0 Å². The fourth-order valence-electron chi connectivity index (χ4n) is 2.41. The van der Waals surface area contributed by atoms with Crippen molar-refractivity contribution in [3.63, 3.8) is 0 Å². The zero-order valence-corrected chi connectivity index (χ0v) is 11.7. The molecule has 0 aromatic carbocycles. The van der Waals surface area contributed by atoms with Crippen LogP contribution in [0.5, 0.6) is 5.88 Å². The molecule has 1 atom stereocenters. The van der Waals surface area contributed by atoms with Gasteiger partial charge in [0.15, 0.2) is 0 Å². The smallest absolute Gasteiger partial charge is 0.311 e. The summed E-state index contributed by atoms with van der Waals surface area (Å²) < 4.78 is 10.7. The van der Waals surface area contributed by atoms with E-state index in [-0.39, 0.29) is 11.8 Å². The number of pyridine rings is 1. The maximum atomic E-state index is 11.1. The lowest BCUT2D eigenvalue weighted by atomic mass is 10.1. The van der Waals surface area contributed by atoms with Crippen molar-refractivity contribution >= 4 is 11.5 Å². The Morgan fingerprint density at radius 2 is 2.35 bits per heavy atom. The number of ether oxygens (including phenoxy) is 2. The van der Waals surface area contributed by atoms with Gasteiger partial charge in [-0.1, -0.05) is 0 Å². The molecule has 0 spiro atoms. The lowest BCUT2D eigenvalue weighted by Gasteiger charge is -2.32. The summed E-state index contributed by atoms with van der Waals surface area (Å²) in [5, 5.41) is 11.1. The van der Waals surface area contributed by atoms with E-state index in [1.54, 1.807) is 0 Å². The minimum Gasteiger partial charge on any atom is -0.481 e. The van der Waals surface area contributed by atoms with Gasteiger partial charge < -0.3 is 14.4 Å². The van der Waals surface area contributed by atoms with Crippen LogP contribution in [-0.2, 0) is 4.74 Å². The molecule has 1 aromatic rings. The zero-order valence-electron chi connectivity index (χ0n) is 11.7. The molecule has 1 aliphatic rings. The number of anilines is 1. The van der Waals surface area contributed by atoms with Crippen molar-refractivity contribution in [2.45, 2.75) is 25.9 Å². The van der Waals surface area contributed by atoms with E-state index >= 15 is 0 Å². The van der Waals surface area contributed by atoms with Crippen molar-refractivity contribution in [1.82, 2.24) is 4.98 Å². The first-order valence-electron chi connectivity index (χ1n) is 6.71. The van der Waals surface area contributed by atoms with Crippen LogP contribution in [0.25, 0.3) is 0 Å². The van der Waals surface area contributed by atoms with E-state index in [4.69, 9.17) is 9.47 Å². The highest BCUT2D eigenvalue weighted by atomic mass is 16.6. The SMILES string of the molecule is CCO[C@@H]1CCCN(c2nc(OC)ccc2[N+](=O)[O-])C1. The van der Waals surface area contributed by atoms with Gasteiger partial charge in [0, 0.05) is 31.8 Å². The molecule has 1 aliphatic heterocycles. The Kier molecular flexibility index (Phi) is 4.73. The molecule has 0 bridgehead atoms. The molecule has 2 rings (SSSR count). The quantitative estimate of drug-likeness (QED) is 0.607. The Labute approximate surface area is 117 Å². The minimum absolute atomic E-state index is 0.00273. The average molecular weight is 281 g/mol. The summed E-state index contributed by atoms with van der Waals surface area (Å²) in [6.07, 6.45) is 2.00. The normalized spacial score (nSPS) is 18.9. The summed E-state index contributed by atoms with van der Waals surface area (Å²) in [6, 6.07) is 2.94. The van der Waals surface area contributed by atoms with E-state index in [0.717, 1.165) is 19.4 Å². The molecule has 7 heteroatoms. The summed E-state index contributed by atoms with van der Waals surface area (Å²) >= 11 is 0. The van der Waals surface area contributed by atoms with Crippen LogP contribution in [-0.4, -0.2) is 42.8 Å². The highest BCUT2D eigenvalue weighted by molar-refractivity contribution is 5.59. The first-order chi connectivity index (χ1) is 9.65. The number of nitrogens with zero attached hydrogens (tertiary/aromatic N) is 3. The molecule has 0 amide bonds. The Morgan fingerprint density at radius 1 is 1.55 bits per heavy atom. The van der Waals surface area contributed by atoms with E-state index in [1.165, 1.54) is 19.2 Å². The molecule has 0 unspecified atom stereocenters. The summed E-state index contributed by atoms with van der Waals surface area (Å²) in [4.78, 5) is 16.9. The third kappa shape index (κ3) is 3.16. The lowest BCUT2D eigenvalue weighted by Crippen LogP contribution is -2.40. The van der Waals surface area contributed by atoms with Gasteiger partial charge in [0.05, 0.1) is 18.1 Å². The molecule has 0 saturated carbocycles. The Hall–Kier alpha value is -1.89. The van der Waals surface area contributed by atoms with Gasteiger partial charge in [0.25, 0.3) is 0 Å². The highest BCUT2D eigenvalue weighted by Crippen LogP contribution is 2.30. The average Bonchev–Trinajstić information content (AvgIpc) is 2.47. The molecule has 0 aliphatic carbocycles. The van der Waals surface area contributed by atoms with Crippen molar-refractivity contribution in [2.75, 3.05) is 31.7 Å². The predicted molar refractivity (Wildman–Crippen MR) is 74.3 cm³/mol. The number of methoxy groups -OCH3 is 1. The van der Waals surface area contributed by atoms with Gasteiger partial charge >= 0.3 is 5.69 Å². The Morgan fingerprint density at radius 3 is 3.00 bits per heavy atom. The number of nitro groups is 1. The molecular weight excluding hydrogens is 262 g/mol. The van der Waals surface area contributed by atoms with E-state index in [0.29, 0.717) is 24.8 Å². The number of rotatable bonds is 5. The van der Waals surface area contributed by atoms with Crippen LogP contribution in [0.3, 0.4) is 0 Å². The van der Waals surface area contributed by atoms with Gasteiger partial charge in [-0.3, -0.25) is 10.1 Å². The fourth-order valence-corrected chi connectivity index (χ4v) is 2.41. The summed E-state index contributed by atoms with van der Waals surface area (Å²) in [5.41, 5.74) is 0.00273. The van der Waals surface area contributed by atoms with Gasteiger partial charge in [0.2, 0.25) is 11.7 Å². The van der Waals surface area contributed by atoms with Crippen LogP contribution in [0.2, 0.25) is 0 Å². The minimum atomic E-state index is -0.411. The van der Waals surface area contributed by atoms with E-state index < -0.39 is 4.92 Å². The fraction of sp³-hybridized carbons (Fsp3) is 0.615. The molecule has 110 valence electrons. The topological polar surface area (TPSA) is 77.7 Å². The van der Waals surface area contributed by atoms with Gasteiger partial charge in [0.1, 0.15) is 0 Å². The summed E-state index contributed by atoms with van der Waals surface area (Å²) in [6.45, 7) is 3.96. The Balaban J connectivity index is 2.27. The Bertz CT molecular complexity index is 479. The molecule has 1 saturated heterocycles. The monoisotopic (exact) mass is 281 g/mol. The van der Waals surface area contributed by atoms with Crippen molar-refractivity contribution < 1.29 is 14.4 Å². The standard InChI is InChI=1S/C13H19N3O4/c1-3-20-10-5-4-8-15(9-10)13-11(16(17)18)6-7-12(14-13)19-2/h6-7,10H,3-5,8-9H2,1-2H3/t10-/m1/s1. The first kappa shape index (κ1) is 14.5. The molecule has 1 fully saturated rings. The second-order valence-corrected chi connectivity index (χ2v) is 4.62. The maximum Gasteiger partial charge on any atom is 0.311 e. The van der Waals surface area contributed by atoms with E-state index in [1.807, 2.05) is 11.8 Å². The molecule has 2 heterocycles. The van der Waals surface area contributed by atoms with E-state index in [9.17, 15) is 10.1 Å².